The molecule has 1 aliphatic rings. The van der Waals surface area contributed by atoms with E-state index in [-0.39, 0.29) is 0 Å². The Kier molecular flexibility index (Phi) is 9.40. The Balaban J connectivity index is 1.71. The normalized spacial score (nSPS) is 20.4. The van der Waals surface area contributed by atoms with Crippen LogP contribution in [-0.4, -0.2) is 24.6 Å². The molecule has 1 unspecified atom stereocenters. The van der Waals surface area contributed by atoms with Crippen LogP contribution < -0.4 is 5.32 Å². The Bertz CT molecular complexity index is 144. The predicted octanol–water partition coefficient (Wildman–Crippen LogP) is 4.08. The molecule has 0 amide bonds. The molecule has 0 bridgehead atoms. The monoisotopic (exact) mass is 243 g/mol. The van der Waals surface area contributed by atoms with Gasteiger partial charge in [0.2, 0.25) is 0 Å². The smallest absolute Gasteiger partial charge is 0.00123 e. The van der Waals surface area contributed by atoms with Gasteiger partial charge >= 0.3 is 0 Å². The molecule has 0 radical (unpaired) electrons. The van der Waals surface area contributed by atoms with Gasteiger partial charge in [-0.1, -0.05) is 45.4 Å². The number of hydrogen-bond acceptors (Lipinski definition) is 2. The molecule has 2 heteroatoms. The van der Waals surface area contributed by atoms with Crippen molar-refractivity contribution in [1.82, 2.24) is 5.32 Å². The van der Waals surface area contributed by atoms with E-state index in [2.05, 4.69) is 24.0 Å². The zero-order valence-corrected chi connectivity index (χ0v) is 11.8. The van der Waals surface area contributed by atoms with Gasteiger partial charge in [0.15, 0.2) is 0 Å². The van der Waals surface area contributed by atoms with Crippen LogP contribution >= 0.6 is 11.8 Å². The first-order chi connectivity index (χ1) is 7.93. The van der Waals surface area contributed by atoms with E-state index in [4.69, 9.17) is 0 Å². The molecule has 96 valence electrons. The van der Waals surface area contributed by atoms with Crippen LogP contribution in [0.4, 0.5) is 0 Å². The summed E-state index contributed by atoms with van der Waals surface area (Å²) in [5.41, 5.74) is 0. The van der Waals surface area contributed by atoms with E-state index >= 15 is 0 Å². The van der Waals surface area contributed by atoms with Gasteiger partial charge < -0.3 is 5.32 Å². The minimum atomic E-state index is 0.967. The average Bonchev–Trinajstić information content (AvgIpc) is 2.80. The topological polar surface area (TPSA) is 12.0 Å². The summed E-state index contributed by atoms with van der Waals surface area (Å²) >= 11 is 2.12. The Labute approximate surface area is 106 Å². The maximum absolute atomic E-state index is 3.62. The van der Waals surface area contributed by atoms with Crippen LogP contribution in [0.25, 0.3) is 0 Å². The van der Waals surface area contributed by atoms with Crippen molar-refractivity contribution < 1.29 is 0 Å². The van der Waals surface area contributed by atoms with E-state index in [1.165, 1.54) is 76.0 Å². The number of hydrogen-bond donors (Lipinski definition) is 1. The van der Waals surface area contributed by atoms with Crippen molar-refractivity contribution in [3.05, 3.63) is 0 Å². The van der Waals surface area contributed by atoms with Gasteiger partial charge in [0.1, 0.15) is 0 Å². The first-order valence-corrected chi connectivity index (χ1v) is 8.37. The van der Waals surface area contributed by atoms with Crippen LogP contribution in [-0.2, 0) is 0 Å². The lowest BCUT2D eigenvalue weighted by Gasteiger charge is -2.09. The summed E-state index contributed by atoms with van der Waals surface area (Å²) in [5.74, 6) is 3.75. The maximum Gasteiger partial charge on any atom is -0.00123 e. The second kappa shape index (κ2) is 10.5. The van der Waals surface area contributed by atoms with Crippen molar-refractivity contribution in [2.24, 2.45) is 5.92 Å². The standard InChI is InChI=1S/C14H29NS/c1-2-3-4-5-6-7-8-10-15-12-14-9-11-16-13-14/h14-15H,2-13H2,1H3. The summed E-state index contributed by atoms with van der Waals surface area (Å²) < 4.78 is 0. The molecule has 1 saturated heterocycles. The fourth-order valence-electron chi connectivity index (χ4n) is 2.26. The minimum Gasteiger partial charge on any atom is -0.316 e. The van der Waals surface area contributed by atoms with Crippen molar-refractivity contribution >= 4 is 11.8 Å². The Morgan fingerprint density at radius 3 is 2.50 bits per heavy atom. The number of rotatable bonds is 10. The van der Waals surface area contributed by atoms with Crippen LogP contribution in [0, 0.1) is 5.92 Å². The molecule has 16 heavy (non-hydrogen) atoms. The van der Waals surface area contributed by atoms with E-state index in [9.17, 15) is 0 Å². The molecule has 0 aromatic heterocycles. The molecule has 1 rings (SSSR count). The second-order valence-electron chi connectivity index (χ2n) is 5.06. The highest BCUT2D eigenvalue weighted by Gasteiger charge is 2.13. The molecule has 1 N–H and O–H groups in total. The highest BCUT2D eigenvalue weighted by atomic mass is 32.2. The second-order valence-corrected chi connectivity index (χ2v) is 6.20. The quantitative estimate of drug-likeness (QED) is 0.580. The van der Waals surface area contributed by atoms with Gasteiger partial charge in [-0.25, -0.2) is 0 Å². The van der Waals surface area contributed by atoms with Crippen LogP contribution in [0.1, 0.15) is 58.3 Å². The zero-order valence-electron chi connectivity index (χ0n) is 11.0. The fourth-order valence-corrected chi connectivity index (χ4v) is 3.54. The van der Waals surface area contributed by atoms with E-state index in [1.54, 1.807) is 0 Å². The Morgan fingerprint density at radius 1 is 1.06 bits per heavy atom. The molecule has 1 nitrogen and oxygen atoms in total. The lowest BCUT2D eigenvalue weighted by Crippen LogP contribution is -2.23. The first-order valence-electron chi connectivity index (χ1n) is 7.22. The van der Waals surface area contributed by atoms with Crippen molar-refractivity contribution in [2.45, 2.75) is 58.3 Å². The van der Waals surface area contributed by atoms with E-state index in [0.29, 0.717) is 0 Å². The first kappa shape index (κ1) is 14.4. The lowest BCUT2D eigenvalue weighted by atomic mass is 10.1. The molecule has 1 atom stereocenters. The largest absolute Gasteiger partial charge is 0.316 e. The van der Waals surface area contributed by atoms with Crippen LogP contribution in [0.15, 0.2) is 0 Å². The highest BCUT2D eigenvalue weighted by molar-refractivity contribution is 7.99. The lowest BCUT2D eigenvalue weighted by molar-refractivity contribution is 0.502. The summed E-state index contributed by atoms with van der Waals surface area (Å²) in [6.45, 7) is 4.79. The van der Waals surface area contributed by atoms with Crippen molar-refractivity contribution in [1.29, 1.82) is 0 Å². The maximum atomic E-state index is 3.62. The number of thioether (sulfide) groups is 1. The summed E-state index contributed by atoms with van der Waals surface area (Å²) in [6, 6.07) is 0. The van der Waals surface area contributed by atoms with Crippen molar-refractivity contribution in [3.8, 4) is 0 Å². The summed E-state index contributed by atoms with van der Waals surface area (Å²) in [4.78, 5) is 0. The molecule has 0 aromatic rings. The third-order valence-corrected chi connectivity index (χ3v) is 4.65. The fraction of sp³-hybridized carbons (Fsp3) is 1.00. The SMILES string of the molecule is CCCCCCCCCNCC1CCSC1. The molecule has 0 spiro atoms. The summed E-state index contributed by atoms with van der Waals surface area (Å²) in [6.07, 6.45) is 11.4. The number of unbranched alkanes of at least 4 members (excludes halogenated alkanes) is 6. The summed E-state index contributed by atoms with van der Waals surface area (Å²) in [5, 5.41) is 3.62. The molecule has 1 heterocycles. The molecule has 1 aliphatic heterocycles. The van der Waals surface area contributed by atoms with Crippen LogP contribution in [0.3, 0.4) is 0 Å². The van der Waals surface area contributed by atoms with Crippen molar-refractivity contribution in [2.75, 3.05) is 24.6 Å². The predicted molar refractivity (Wildman–Crippen MR) is 76.3 cm³/mol. The van der Waals surface area contributed by atoms with E-state index in [1.807, 2.05) is 0 Å². The van der Waals surface area contributed by atoms with E-state index in [0.717, 1.165) is 5.92 Å². The van der Waals surface area contributed by atoms with Gasteiger partial charge in [0, 0.05) is 0 Å². The Hall–Kier alpha value is 0.310. The molecular formula is C14H29NS. The van der Waals surface area contributed by atoms with E-state index < -0.39 is 0 Å². The molecule has 0 aromatic carbocycles. The average molecular weight is 243 g/mol. The van der Waals surface area contributed by atoms with Crippen LogP contribution in [0.5, 0.6) is 0 Å². The molecule has 1 fully saturated rings. The zero-order chi connectivity index (χ0) is 11.5. The van der Waals surface area contributed by atoms with Gasteiger partial charge in [-0.15, -0.1) is 0 Å². The van der Waals surface area contributed by atoms with Gasteiger partial charge in [-0.3, -0.25) is 0 Å². The van der Waals surface area contributed by atoms with Crippen LogP contribution in [0.2, 0.25) is 0 Å². The highest BCUT2D eigenvalue weighted by Crippen LogP contribution is 2.22. The Morgan fingerprint density at radius 2 is 1.81 bits per heavy atom. The molecule has 0 aliphatic carbocycles. The third kappa shape index (κ3) is 7.56. The minimum absolute atomic E-state index is 0.967. The third-order valence-electron chi connectivity index (χ3n) is 3.41. The number of nitrogens with one attached hydrogen (secondary N) is 1. The van der Waals surface area contributed by atoms with Gasteiger partial charge in [-0.05, 0) is 43.4 Å². The summed E-state index contributed by atoms with van der Waals surface area (Å²) in [7, 11) is 0. The van der Waals surface area contributed by atoms with Gasteiger partial charge in [-0.2, -0.15) is 11.8 Å². The molecule has 0 saturated carbocycles. The molecular weight excluding hydrogens is 214 g/mol. The van der Waals surface area contributed by atoms with Crippen molar-refractivity contribution in [3.63, 3.8) is 0 Å². The van der Waals surface area contributed by atoms with Gasteiger partial charge in [0.25, 0.3) is 0 Å². The van der Waals surface area contributed by atoms with Gasteiger partial charge in [0.05, 0.1) is 0 Å².